The highest BCUT2D eigenvalue weighted by Gasteiger charge is 2.33. The van der Waals surface area contributed by atoms with Gasteiger partial charge in [0.2, 0.25) is 0 Å². The lowest BCUT2D eigenvalue weighted by Crippen LogP contribution is -2.42. The highest BCUT2D eigenvalue weighted by atomic mass is 16.5. The Morgan fingerprint density at radius 1 is 1.11 bits per heavy atom. The predicted molar refractivity (Wildman–Crippen MR) is 74.4 cm³/mol. The van der Waals surface area contributed by atoms with Crippen LogP contribution in [0, 0.1) is 6.92 Å². The quantitative estimate of drug-likeness (QED) is 0.783. The maximum Gasteiger partial charge on any atom is 0.0917 e. The van der Waals surface area contributed by atoms with Crippen molar-refractivity contribution in [3.63, 3.8) is 0 Å². The Labute approximate surface area is 112 Å². The molecule has 4 rings (SSSR count). The first-order valence-corrected chi connectivity index (χ1v) is 6.91. The van der Waals surface area contributed by atoms with Crippen LogP contribution in [0.1, 0.15) is 18.4 Å². The van der Waals surface area contributed by atoms with Crippen LogP contribution in [0.15, 0.2) is 24.5 Å². The maximum atomic E-state index is 5.90. The van der Waals surface area contributed by atoms with Crippen LogP contribution >= 0.6 is 0 Å². The van der Waals surface area contributed by atoms with Gasteiger partial charge < -0.3 is 9.64 Å². The summed E-state index contributed by atoms with van der Waals surface area (Å²) in [4.78, 5) is 11.3. The monoisotopic (exact) mass is 255 g/mol. The molecule has 1 aromatic heterocycles. The third kappa shape index (κ3) is 1.87. The molecule has 2 aliphatic heterocycles. The SMILES string of the molecule is Cc1cc(N2CC3CCC(C2)O3)cc2nccnc12. The van der Waals surface area contributed by atoms with E-state index in [1.54, 1.807) is 12.4 Å². The van der Waals surface area contributed by atoms with E-state index >= 15 is 0 Å². The Hall–Kier alpha value is -1.68. The molecular weight excluding hydrogens is 238 g/mol. The van der Waals surface area contributed by atoms with Crippen LogP contribution in [-0.2, 0) is 4.74 Å². The number of hydrogen-bond acceptors (Lipinski definition) is 4. The summed E-state index contributed by atoms with van der Waals surface area (Å²) in [5, 5.41) is 0. The molecule has 0 radical (unpaired) electrons. The van der Waals surface area contributed by atoms with Gasteiger partial charge in [-0.3, -0.25) is 9.97 Å². The van der Waals surface area contributed by atoms with Gasteiger partial charge in [-0.25, -0.2) is 0 Å². The van der Waals surface area contributed by atoms with Gasteiger partial charge in [-0.1, -0.05) is 0 Å². The fourth-order valence-electron chi connectivity index (χ4n) is 3.24. The summed E-state index contributed by atoms with van der Waals surface area (Å²) in [6.45, 7) is 4.11. The molecule has 0 spiro atoms. The van der Waals surface area contributed by atoms with Crippen molar-refractivity contribution in [1.29, 1.82) is 0 Å². The molecule has 2 unspecified atom stereocenters. The molecule has 2 saturated heterocycles. The largest absolute Gasteiger partial charge is 0.371 e. The van der Waals surface area contributed by atoms with Gasteiger partial charge in [0.15, 0.2) is 0 Å². The van der Waals surface area contributed by atoms with E-state index in [2.05, 4.69) is 33.9 Å². The molecule has 2 aliphatic rings. The Kier molecular flexibility index (Phi) is 2.45. The lowest BCUT2D eigenvalue weighted by atomic mass is 10.1. The number of hydrogen-bond donors (Lipinski definition) is 0. The Morgan fingerprint density at radius 2 is 1.84 bits per heavy atom. The van der Waals surface area contributed by atoms with Gasteiger partial charge in [-0.05, 0) is 37.5 Å². The number of fused-ring (bicyclic) bond motifs is 3. The molecule has 2 bridgehead atoms. The fourth-order valence-corrected chi connectivity index (χ4v) is 3.24. The summed E-state index contributed by atoms with van der Waals surface area (Å²) in [6.07, 6.45) is 6.74. The van der Waals surface area contributed by atoms with E-state index in [1.807, 2.05) is 0 Å². The number of rotatable bonds is 1. The maximum absolute atomic E-state index is 5.90. The topological polar surface area (TPSA) is 38.2 Å². The van der Waals surface area contributed by atoms with Crippen molar-refractivity contribution in [2.24, 2.45) is 0 Å². The lowest BCUT2D eigenvalue weighted by Gasteiger charge is -2.34. The minimum Gasteiger partial charge on any atom is -0.371 e. The molecule has 2 aromatic rings. The smallest absolute Gasteiger partial charge is 0.0917 e. The Bertz CT molecular complexity index is 616. The summed E-state index contributed by atoms with van der Waals surface area (Å²) in [5.41, 5.74) is 4.43. The third-order valence-corrected chi connectivity index (χ3v) is 4.16. The van der Waals surface area contributed by atoms with Crippen LogP contribution < -0.4 is 4.90 Å². The van der Waals surface area contributed by atoms with Crippen LogP contribution in [0.4, 0.5) is 5.69 Å². The molecule has 0 saturated carbocycles. The molecule has 0 aliphatic carbocycles. The Balaban J connectivity index is 1.75. The van der Waals surface area contributed by atoms with E-state index in [-0.39, 0.29) is 0 Å². The minimum atomic E-state index is 0.414. The van der Waals surface area contributed by atoms with Crippen LogP contribution in [0.2, 0.25) is 0 Å². The van der Waals surface area contributed by atoms with E-state index in [0.717, 1.165) is 24.1 Å². The molecule has 0 amide bonds. The molecular formula is C15H17N3O. The van der Waals surface area contributed by atoms with E-state index in [1.165, 1.54) is 24.1 Å². The number of nitrogens with zero attached hydrogens (tertiary/aromatic N) is 3. The summed E-state index contributed by atoms with van der Waals surface area (Å²) in [7, 11) is 0. The van der Waals surface area contributed by atoms with E-state index in [9.17, 15) is 0 Å². The molecule has 4 nitrogen and oxygen atoms in total. The summed E-state index contributed by atoms with van der Waals surface area (Å²) >= 11 is 0. The van der Waals surface area contributed by atoms with E-state index < -0.39 is 0 Å². The number of aryl methyl sites for hydroxylation is 1. The highest BCUT2D eigenvalue weighted by molar-refractivity contribution is 5.82. The van der Waals surface area contributed by atoms with Crippen molar-refractivity contribution < 1.29 is 4.74 Å². The molecule has 4 heteroatoms. The lowest BCUT2D eigenvalue weighted by molar-refractivity contribution is 0.0305. The standard InChI is InChI=1S/C15H17N3O/c1-10-6-11(7-14-15(10)17-5-4-16-14)18-8-12-2-3-13(9-18)19-12/h4-7,12-13H,2-3,8-9H2,1H3. The second-order valence-electron chi connectivity index (χ2n) is 5.55. The van der Waals surface area contributed by atoms with E-state index in [0.29, 0.717) is 12.2 Å². The van der Waals surface area contributed by atoms with Crippen LogP contribution in [0.3, 0.4) is 0 Å². The normalized spacial score (nSPS) is 26.1. The predicted octanol–water partition coefficient (Wildman–Crippen LogP) is 2.31. The van der Waals surface area contributed by atoms with Gasteiger partial charge in [-0.15, -0.1) is 0 Å². The number of aromatic nitrogens is 2. The van der Waals surface area contributed by atoms with Crippen LogP contribution in [0.5, 0.6) is 0 Å². The van der Waals surface area contributed by atoms with Gasteiger partial charge >= 0.3 is 0 Å². The highest BCUT2D eigenvalue weighted by Crippen LogP contribution is 2.31. The van der Waals surface area contributed by atoms with Gasteiger partial charge in [0.25, 0.3) is 0 Å². The Morgan fingerprint density at radius 3 is 2.63 bits per heavy atom. The van der Waals surface area contributed by atoms with Gasteiger partial charge in [0.1, 0.15) is 0 Å². The molecule has 0 N–H and O–H groups in total. The van der Waals surface area contributed by atoms with Crippen LogP contribution in [-0.4, -0.2) is 35.3 Å². The molecule has 1 aromatic carbocycles. The average Bonchev–Trinajstić information content (AvgIpc) is 2.77. The van der Waals surface area contributed by atoms with Gasteiger partial charge in [0.05, 0.1) is 23.2 Å². The van der Waals surface area contributed by atoms with Crippen molar-refractivity contribution in [2.75, 3.05) is 18.0 Å². The van der Waals surface area contributed by atoms with Crippen LogP contribution in [0.25, 0.3) is 11.0 Å². The van der Waals surface area contributed by atoms with Crippen molar-refractivity contribution in [3.05, 3.63) is 30.1 Å². The number of benzene rings is 1. The molecule has 19 heavy (non-hydrogen) atoms. The summed E-state index contributed by atoms with van der Waals surface area (Å²) in [5.74, 6) is 0. The zero-order chi connectivity index (χ0) is 12.8. The molecule has 3 heterocycles. The average molecular weight is 255 g/mol. The third-order valence-electron chi connectivity index (χ3n) is 4.16. The summed E-state index contributed by atoms with van der Waals surface area (Å²) < 4.78 is 5.90. The zero-order valence-electron chi connectivity index (χ0n) is 11.0. The van der Waals surface area contributed by atoms with E-state index in [4.69, 9.17) is 4.74 Å². The number of anilines is 1. The second-order valence-corrected chi connectivity index (χ2v) is 5.55. The molecule has 2 fully saturated rings. The molecule has 98 valence electrons. The van der Waals surface area contributed by atoms with Gasteiger partial charge in [0, 0.05) is 31.2 Å². The first-order chi connectivity index (χ1) is 9.29. The summed E-state index contributed by atoms with van der Waals surface area (Å²) in [6, 6.07) is 4.38. The van der Waals surface area contributed by atoms with Crippen molar-refractivity contribution in [3.8, 4) is 0 Å². The van der Waals surface area contributed by atoms with Gasteiger partial charge in [-0.2, -0.15) is 0 Å². The first kappa shape index (κ1) is 11.2. The second kappa shape index (κ2) is 4.17. The zero-order valence-corrected chi connectivity index (χ0v) is 11.0. The van der Waals surface area contributed by atoms with Crippen molar-refractivity contribution in [1.82, 2.24) is 9.97 Å². The van der Waals surface area contributed by atoms with Crippen molar-refractivity contribution in [2.45, 2.75) is 32.0 Å². The number of morpholine rings is 1. The first-order valence-electron chi connectivity index (χ1n) is 6.91. The minimum absolute atomic E-state index is 0.414. The fraction of sp³-hybridized carbons (Fsp3) is 0.467. The number of ether oxygens (including phenoxy) is 1. The van der Waals surface area contributed by atoms with Crippen molar-refractivity contribution >= 4 is 16.7 Å². The molecule has 2 atom stereocenters.